The molecule has 1 N–H and O–H groups in total. The monoisotopic (exact) mass is 277 g/mol. The summed E-state index contributed by atoms with van der Waals surface area (Å²) in [5, 5.41) is 0. The number of hydrogen-bond donors (Lipinski definition) is 1. The summed E-state index contributed by atoms with van der Waals surface area (Å²) < 4.78 is 27.6. The lowest BCUT2D eigenvalue weighted by atomic mass is 9.95. The number of terminal acetylenes is 1. The second kappa shape index (κ2) is 5.36. The van der Waals surface area contributed by atoms with Crippen molar-refractivity contribution in [2.45, 2.75) is 49.5 Å². The van der Waals surface area contributed by atoms with Gasteiger partial charge in [0.05, 0.1) is 4.90 Å². The molecule has 0 spiro atoms. The minimum atomic E-state index is -3.49. The molecule has 3 nitrogen and oxygen atoms in total. The average molecular weight is 277 g/mol. The second-order valence-corrected chi connectivity index (χ2v) is 6.97. The molecule has 0 aliphatic heterocycles. The van der Waals surface area contributed by atoms with Gasteiger partial charge >= 0.3 is 0 Å². The van der Waals surface area contributed by atoms with Gasteiger partial charge in [0.1, 0.15) is 0 Å². The number of nitrogens with one attached hydrogen (secondary N) is 1. The molecule has 1 fully saturated rings. The Labute approximate surface area is 115 Å². The van der Waals surface area contributed by atoms with E-state index in [-0.39, 0.29) is 0 Å². The summed E-state index contributed by atoms with van der Waals surface area (Å²) in [4.78, 5) is 0.307. The number of rotatable bonds is 4. The minimum absolute atomic E-state index is 0.307. The van der Waals surface area contributed by atoms with E-state index in [1.807, 2.05) is 6.92 Å². The molecule has 0 atom stereocenters. The molecule has 0 radical (unpaired) electrons. The van der Waals surface area contributed by atoms with E-state index < -0.39 is 15.6 Å². The first-order valence-corrected chi connectivity index (χ1v) is 8.00. The van der Waals surface area contributed by atoms with E-state index >= 15 is 0 Å². The van der Waals surface area contributed by atoms with Crippen molar-refractivity contribution in [3.05, 3.63) is 29.8 Å². The molecule has 1 aliphatic rings. The molecule has 2 rings (SSSR count). The smallest absolute Gasteiger partial charge is 0.207 e. The first-order valence-electron chi connectivity index (χ1n) is 6.52. The fourth-order valence-electron chi connectivity index (χ4n) is 2.62. The molecule has 0 amide bonds. The van der Waals surface area contributed by atoms with Crippen molar-refractivity contribution < 1.29 is 8.42 Å². The number of aryl methyl sites for hydroxylation is 1. The van der Waals surface area contributed by atoms with Gasteiger partial charge in [0, 0.05) is 12.0 Å². The Bertz CT molecular complexity index is 576. The normalized spacial score (nSPS) is 18.1. The molecule has 4 heteroatoms. The third-order valence-corrected chi connectivity index (χ3v) is 5.28. The third-order valence-electron chi connectivity index (χ3n) is 3.68. The fraction of sp³-hybridized carbons (Fsp3) is 0.467. The van der Waals surface area contributed by atoms with Crippen molar-refractivity contribution in [2.24, 2.45) is 0 Å². The molecule has 1 aromatic rings. The SMILES string of the molecule is C#CCC1(NS(=O)(=O)c2ccc(C)cc2)CCCC1. The van der Waals surface area contributed by atoms with Crippen LogP contribution in [0.2, 0.25) is 0 Å². The molecule has 1 aromatic carbocycles. The Hall–Kier alpha value is -1.31. The zero-order valence-electron chi connectivity index (χ0n) is 11.1. The Morgan fingerprint density at radius 1 is 1.26 bits per heavy atom. The second-order valence-electron chi connectivity index (χ2n) is 5.29. The highest BCUT2D eigenvalue weighted by atomic mass is 32.2. The zero-order chi connectivity index (χ0) is 13.9. The molecule has 0 heterocycles. The molecule has 1 saturated carbocycles. The highest BCUT2D eigenvalue weighted by Gasteiger charge is 2.37. The summed E-state index contributed by atoms with van der Waals surface area (Å²) >= 11 is 0. The Morgan fingerprint density at radius 2 is 1.84 bits per heavy atom. The maximum atomic E-state index is 12.4. The van der Waals surface area contributed by atoms with E-state index in [9.17, 15) is 8.42 Å². The summed E-state index contributed by atoms with van der Waals surface area (Å²) in [5.41, 5.74) is 0.594. The Balaban J connectivity index is 2.25. The Morgan fingerprint density at radius 3 is 2.37 bits per heavy atom. The van der Waals surface area contributed by atoms with E-state index in [1.165, 1.54) is 0 Å². The summed E-state index contributed by atoms with van der Waals surface area (Å²) in [6, 6.07) is 6.88. The highest BCUT2D eigenvalue weighted by Crippen LogP contribution is 2.33. The van der Waals surface area contributed by atoms with Crippen LogP contribution in [-0.4, -0.2) is 14.0 Å². The lowest BCUT2D eigenvalue weighted by Crippen LogP contribution is -2.45. The summed E-state index contributed by atoms with van der Waals surface area (Å²) in [6.07, 6.45) is 9.54. The van der Waals surface area contributed by atoms with Crippen LogP contribution in [0.3, 0.4) is 0 Å². The summed E-state index contributed by atoms with van der Waals surface area (Å²) in [7, 11) is -3.49. The van der Waals surface area contributed by atoms with E-state index in [4.69, 9.17) is 6.42 Å². The molecule has 102 valence electrons. The van der Waals surface area contributed by atoms with Gasteiger partial charge in [0.2, 0.25) is 10.0 Å². The van der Waals surface area contributed by atoms with Crippen LogP contribution in [0.5, 0.6) is 0 Å². The Kier molecular flexibility index (Phi) is 3.98. The van der Waals surface area contributed by atoms with Crippen molar-refractivity contribution in [2.75, 3.05) is 0 Å². The summed E-state index contributed by atoms with van der Waals surface area (Å²) in [5.74, 6) is 2.61. The molecule has 0 unspecified atom stereocenters. The van der Waals surface area contributed by atoms with Gasteiger partial charge in [-0.05, 0) is 31.9 Å². The van der Waals surface area contributed by atoms with Gasteiger partial charge in [-0.25, -0.2) is 13.1 Å². The lowest BCUT2D eigenvalue weighted by Gasteiger charge is -2.27. The van der Waals surface area contributed by atoms with Crippen LogP contribution >= 0.6 is 0 Å². The first-order chi connectivity index (χ1) is 8.97. The molecule has 0 aromatic heterocycles. The van der Waals surface area contributed by atoms with Gasteiger partial charge in [-0.1, -0.05) is 30.5 Å². The number of hydrogen-bond acceptors (Lipinski definition) is 2. The quantitative estimate of drug-likeness (QED) is 0.860. The van der Waals surface area contributed by atoms with Crippen LogP contribution in [0, 0.1) is 19.3 Å². The van der Waals surface area contributed by atoms with Crippen LogP contribution in [0.15, 0.2) is 29.2 Å². The maximum Gasteiger partial charge on any atom is 0.241 e. The fourth-order valence-corrected chi connectivity index (χ4v) is 4.08. The molecule has 19 heavy (non-hydrogen) atoms. The van der Waals surface area contributed by atoms with Crippen molar-refractivity contribution >= 4 is 10.0 Å². The first kappa shape index (κ1) is 14.1. The number of sulfonamides is 1. The predicted octanol–water partition coefficient (Wildman–Crippen LogP) is 2.61. The summed E-state index contributed by atoms with van der Waals surface area (Å²) in [6.45, 7) is 1.93. The standard InChI is InChI=1S/C15H19NO2S/c1-3-10-15(11-4-5-12-15)16-19(17,18)14-8-6-13(2)7-9-14/h1,6-9,16H,4-5,10-12H2,2H3. The van der Waals surface area contributed by atoms with Gasteiger partial charge < -0.3 is 0 Å². The molecule has 0 bridgehead atoms. The lowest BCUT2D eigenvalue weighted by molar-refractivity contribution is 0.398. The van der Waals surface area contributed by atoms with Crippen molar-refractivity contribution in [3.8, 4) is 12.3 Å². The van der Waals surface area contributed by atoms with Crippen LogP contribution < -0.4 is 4.72 Å². The van der Waals surface area contributed by atoms with Crippen LogP contribution in [0.1, 0.15) is 37.7 Å². The van der Waals surface area contributed by atoms with Gasteiger partial charge in [-0.15, -0.1) is 12.3 Å². The van der Waals surface area contributed by atoms with Crippen LogP contribution in [-0.2, 0) is 10.0 Å². The number of benzene rings is 1. The zero-order valence-corrected chi connectivity index (χ0v) is 12.0. The largest absolute Gasteiger partial charge is 0.241 e. The highest BCUT2D eigenvalue weighted by molar-refractivity contribution is 7.89. The van der Waals surface area contributed by atoms with Gasteiger partial charge in [0.15, 0.2) is 0 Å². The third kappa shape index (κ3) is 3.17. The van der Waals surface area contributed by atoms with Crippen LogP contribution in [0.4, 0.5) is 0 Å². The minimum Gasteiger partial charge on any atom is -0.207 e. The molecule has 0 saturated heterocycles. The topological polar surface area (TPSA) is 46.2 Å². The van der Waals surface area contributed by atoms with E-state index in [0.29, 0.717) is 11.3 Å². The predicted molar refractivity (Wildman–Crippen MR) is 76.1 cm³/mol. The van der Waals surface area contributed by atoms with Gasteiger partial charge in [-0.2, -0.15) is 0 Å². The maximum absolute atomic E-state index is 12.4. The van der Waals surface area contributed by atoms with E-state index in [1.54, 1.807) is 24.3 Å². The van der Waals surface area contributed by atoms with Crippen molar-refractivity contribution in [1.82, 2.24) is 4.72 Å². The van der Waals surface area contributed by atoms with E-state index in [2.05, 4.69) is 10.6 Å². The molecular formula is C15H19NO2S. The van der Waals surface area contributed by atoms with Gasteiger partial charge in [-0.3, -0.25) is 0 Å². The van der Waals surface area contributed by atoms with E-state index in [0.717, 1.165) is 31.2 Å². The molecular weight excluding hydrogens is 258 g/mol. The van der Waals surface area contributed by atoms with Crippen LogP contribution in [0.25, 0.3) is 0 Å². The van der Waals surface area contributed by atoms with Crippen molar-refractivity contribution in [1.29, 1.82) is 0 Å². The average Bonchev–Trinajstić information content (AvgIpc) is 2.77. The van der Waals surface area contributed by atoms with Gasteiger partial charge in [0.25, 0.3) is 0 Å². The van der Waals surface area contributed by atoms with Crippen molar-refractivity contribution in [3.63, 3.8) is 0 Å². The molecule has 1 aliphatic carbocycles.